The van der Waals surface area contributed by atoms with Gasteiger partial charge in [-0.05, 0) is 43.5 Å². The number of rotatable bonds is 5. The van der Waals surface area contributed by atoms with Gasteiger partial charge in [0.25, 0.3) is 0 Å². The molecule has 0 fully saturated rings. The summed E-state index contributed by atoms with van der Waals surface area (Å²) >= 11 is 0. The highest BCUT2D eigenvalue weighted by molar-refractivity contribution is 7.85. The maximum atomic E-state index is 13.3. The van der Waals surface area contributed by atoms with E-state index >= 15 is 0 Å². The first-order valence-corrected chi connectivity index (χ1v) is 11.3. The predicted molar refractivity (Wildman–Crippen MR) is 123 cm³/mol. The van der Waals surface area contributed by atoms with Gasteiger partial charge in [-0.3, -0.25) is 9.36 Å². The van der Waals surface area contributed by atoms with Crippen molar-refractivity contribution in [1.29, 1.82) is 0 Å². The van der Waals surface area contributed by atoms with Gasteiger partial charge in [0.2, 0.25) is 5.91 Å². The number of hydrogen-bond acceptors (Lipinski definition) is 2. The van der Waals surface area contributed by atoms with E-state index in [1.165, 1.54) is 5.56 Å². The second-order valence-corrected chi connectivity index (χ2v) is 9.32. The summed E-state index contributed by atoms with van der Waals surface area (Å²) < 4.78 is 14.9. The van der Waals surface area contributed by atoms with Crippen molar-refractivity contribution < 1.29 is 9.00 Å². The zero-order valence-corrected chi connectivity index (χ0v) is 18.3. The average Bonchev–Trinajstić information content (AvgIpc) is 3.14. The molecular weight excluding hydrogens is 390 g/mol. The molecule has 1 heterocycles. The Bertz CT molecular complexity index is 1220. The van der Waals surface area contributed by atoms with Crippen molar-refractivity contribution in [2.75, 3.05) is 0 Å². The monoisotopic (exact) mass is 415 g/mol. The first kappa shape index (κ1) is 20.3. The van der Waals surface area contributed by atoms with Crippen LogP contribution in [0.3, 0.4) is 0 Å². The maximum Gasteiger partial charge on any atom is 0.231 e. The van der Waals surface area contributed by atoms with E-state index in [-0.39, 0.29) is 11.8 Å². The Labute approximate surface area is 179 Å². The quantitative estimate of drug-likeness (QED) is 0.386. The molecule has 30 heavy (non-hydrogen) atoms. The number of aryl methyl sites for hydroxylation is 2. The van der Waals surface area contributed by atoms with Crippen molar-refractivity contribution >= 4 is 27.6 Å². The molecule has 0 N–H and O–H groups in total. The third-order valence-corrected chi connectivity index (χ3v) is 6.93. The van der Waals surface area contributed by atoms with Gasteiger partial charge in [0.15, 0.2) is 0 Å². The predicted octanol–water partition coefficient (Wildman–Crippen LogP) is 6.26. The fraction of sp³-hybridized carbons (Fsp3) is 0.192. The summed E-state index contributed by atoms with van der Waals surface area (Å²) in [6.07, 6.45) is 2.14. The van der Waals surface area contributed by atoms with E-state index in [0.717, 1.165) is 26.9 Å². The van der Waals surface area contributed by atoms with Gasteiger partial charge in [-0.25, -0.2) is 4.21 Å². The van der Waals surface area contributed by atoms with Crippen molar-refractivity contribution in [3.05, 3.63) is 95.7 Å². The second-order valence-electron chi connectivity index (χ2n) is 7.87. The van der Waals surface area contributed by atoms with Crippen LogP contribution in [0.25, 0.3) is 10.9 Å². The molecule has 4 heteroatoms. The maximum absolute atomic E-state index is 13.3. The van der Waals surface area contributed by atoms with Crippen molar-refractivity contribution in [2.24, 2.45) is 0 Å². The lowest BCUT2D eigenvalue weighted by molar-refractivity contribution is 0.0900. The average molecular weight is 416 g/mol. The number of carbonyl (C=O) groups is 1. The third-order valence-electron chi connectivity index (χ3n) is 5.51. The molecule has 0 bridgehead atoms. The highest BCUT2D eigenvalue weighted by Crippen LogP contribution is 2.29. The molecule has 0 saturated heterocycles. The first-order chi connectivity index (χ1) is 14.4. The Morgan fingerprint density at radius 1 is 0.900 bits per heavy atom. The molecule has 4 rings (SSSR count). The third kappa shape index (κ3) is 4.01. The van der Waals surface area contributed by atoms with Gasteiger partial charge in [-0.1, -0.05) is 72.6 Å². The minimum Gasteiger partial charge on any atom is -0.286 e. The van der Waals surface area contributed by atoms with Gasteiger partial charge < -0.3 is 0 Å². The summed E-state index contributed by atoms with van der Waals surface area (Å²) in [6, 6.07) is 23.7. The van der Waals surface area contributed by atoms with Crippen LogP contribution in [0, 0.1) is 13.8 Å². The summed E-state index contributed by atoms with van der Waals surface area (Å²) in [5, 5.41) is 0.854. The van der Waals surface area contributed by atoms with Crippen molar-refractivity contribution in [1.82, 2.24) is 4.57 Å². The molecule has 0 spiro atoms. The first-order valence-electron chi connectivity index (χ1n) is 10.1. The zero-order valence-electron chi connectivity index (χ0n) is 17.5. The van der Waals surface area contributed by atoms with Crippen LogP contribution in [0.2, 0.25) is 0 Å². The van der Waals surface area contributed by atoms with E-state index in [0.29, 0.717) is 11.3 Å². The minimum atomic E-state index is -1.35. The molecule has 2 atom stereocenters. The molecule has 0 saturated carbocycles. The number of benzene rings is 3. The van der Waals surface area contributed by atoms with Gasteiger partial charge in [0.05, 0.1) is 21.2 Å². The highest BCUT2D eigenvalue weighted by Gasteiger charge is 2.20. The van der Waals surface area contributed by atoms with Crippen LogP contribution < -0.4 is 0 Å². The molecule has 0 aliphatic carbocycles. The number of aromatic nitrogens is 1. The standard InChI is InChI=1S/C26H25NO2S/c1-18-8-12-21(13-9-18)20(3)16-26(28)27-17-25(23-6-4-5-7-24(23)27)30(29)22-14-10-19(2)11-15-22/h4-15,17,20H,16H2,1-3H3/t20-,30?/m1/s1. The van der Waals surface area contributed by atoms with Crippen molar-refractivity contribution in [3.8, 4) is 0 Å². The molecule has 3 nitrogen and oxygen atoms in total. The van der Waals surface area contributed by atoms with E-state index in [1.807, 2.05) is 55.5 Å². The van der Waals surface area contributed by atoms with E-state index in [1.54, 1.807) is 10.8 Å². The van der Waals surface area contributed by atoms with Crippen molar-refractivity contribution in [2.45, 2.75) is 42.9 Å². The lowest BCUT2D eigenvalue weighted by Crippen LogP contribution is -2.12. The van der Waals surface area contributed by atoms with Crippen LogP contribution in [-0.2, 0) is 10.8 Å². The summed E-state index contributed by atoms with van der Waals surface area (Å²) in [5.41, 5.74) is 4.28. The zero-order chi connectivity index (χ0) is 21.3. The molecule has 3 aromatic carbocycles. The Kier molecular flexibility index (Phi) is 5.69. The van der Waals surface area contributed by atoms with Crippen LogP contribution in [0.5, 0.6) is 0 Å². The molecule has 0 aliphatic heterocycles. The molecule has 0 radical (unpaired) electrons. The van der Waals surface area contributed by atoms with Gasteiger partial charge in [0.1, 0.15) is 0 Å². The van der Waals surface area contributed by atoms with Crippen LogP contribution in [0.1, 0.15) is 40.7 Å². The van der Waals surface area contributed by atoms with Gasteiger partial charge in [-0.2, -0.15) is 0 Å². The lowest BCUT2D eigenvalue weighted by atomic mass is 9.96. The van der Waals surface area contributed by atoms with E-state index in [9.17, 15) is 9.00 Å². The van der Waals surface area contributed by atoms with Gasteiger partial charge in [-0.15, -0.1) is 0 Å². The van der Waals surface area contributed by atoms with E-state index < -0.39 is 10.8 Å². The normalized spacial score (nSPS) is 13.3. The van der Waals surface area contributed by atoms with Crippen molar-refractivity contribution in [3.63, 3.8) is 0 Å². The fourth-order valence-corrected chi connectivity index (χ4v) is 4.88. The van der Waals surface area contributed by atoms with Crippen LogP contribution >= 0.6 is 0 Å². The van der Waals surface area contributed by atoms with Crippen LogP contribution in [0.15, 0.2) is 88.8 Å². The smallest absolute Gasteiger partial charge is 0.231 e. The number of fused-ring (bicyclic) bond motifs is 1. The molecule has 0 amide bonds. The molecule has 1 unspecified atom stereocenters. The van der Waals surface area contributed by atoms with Crippen LogP contribution in [0.4, 0.5) is 0 Å². The van der Waals surface area contributed by atoms with Crippen LogP contribution in [-0.4, -0.2) is 14.7 Å². The Morgan fingerprint density at radius 2 is 1.50 bits per heavy atom. The number of nitrogens with zero attached hydrogens (tertiary/aromatic N) is 1. The summed E-state index contributed by atoms with van der Waals surface area (Å²) in [6.45, 7) is 6.13. The topological polar surface area (TPSA) is 39.1 Å². The molecule has 1 aromatic heterocycles. The molecule has 4 aromatic rings. The van der Waals surface area contributed by atoms with E-state index in [4.69, 9.17) is 0 Å². The summed E-state index contributed by atoms with van der Waals surface area (Å²) in [5.74, 6) is 0.108. The van der Waals surface area contributed by atoms with E-state index in [2.05, 4.69) is 38.1 Å². The van der Waals surface area contributed by atoms with Gasteiger partial charge in [0, 0.05) is 22.9 Å². The van der Waals surface area contributed by atoms with Gasteiger partial charge >= 0.3 is 0 Å². The molecular formula is C26H25NO2S. The number of para-hydroxylation sites is 1. The largest absolute Gasteiger partial charge is 0.286 e. The Hall–Kier alpha value is -2.98. The second kappa shape index (κ2) is 8.41. The highest BCUT2D eigenvalue weighted by atomic mass is 32.2. The summed E-state index contributed by atoms with van der Waals surface area (Å²) in [4.78, 5) is 14.6. The molecule has 152 valence electrons. The number of carbonyl (C=O) groups excluding carboxylic acids is 1. The number of hydrogen-bond donors (Lipinski definition) is 0. The molecule has 0 aliphatic rings. The lowest BCUT2D eigenvalue weighted by Gasteiger charge is -2.12. The minimum absolute atomic E-state index is 0.00595. The summed E-state index contributed by atoms with van der Waals surface area (Å²) in [7, 11) is -1.35. The Morgan fingerprint density at radius 3 is 2.17 bits per heavy atom. The SMILES string of the molecule is Cc1ccc([C@H](C)CC(=O)n2cc(S(=O)c3ccc(C)cc3)c3ccccc32)cc1. The fourth-order valence-electron chi connectivity index (χ4n) is 3.66. The Balaban J connectivity index is 1.67.